The molecule has 1 N–H and O–H groups in total. The van der Waals surface area contributed by atoms with Gasteiger partial charge in [0.2, 0.25) is 0 Å². The lowest BCUT2D eigenvalue weighted by Crippen LogP contribution is -2.30. The number of benzene rings is 1. The summed E-state index contributed by atoms with van der Waals surface area (Å²) in [7, 11) is 0. The molecule has 1 aliphatic heterocycles. The van der Waals surface area contributed by atoms with Crippen molar-refractivity contribution in [3.05, 3.63) is 53.6 Å². The molecular formula is C21H24ClN5. The summed E-state index contributed by atoms with van der Waals surface area (Å²) in [6, 6.07) is 9.84. The fraction of sp³-hybridized carbons (Fsp3) is 0.381. The van der Waals surface area contributed by atoms with Gasteiger partial charge in [0.15, 0.2) is 0 Å². The lowest BCUT2D eigenvalue weighted by atomic mass is 10.1. The third kappa shape index (κ3) is 4.48. The van der Waals surface area contributed by atoms with Crippen LogP contribution in [0.25, 0.3) is 10.9 Å². The number of rotatable bonds is 6. The first kappa shape index (κ1) is 18.0. The SMILES string of the molecule is Clc1ccc2c(NCCCc3nccc(N4CCCCC4)n3)ccnc2c1. The zero-order chi connectivity index (χ0) is 18.5. The van der Waals surface area contributed by atoms with Crippen LogP contribution < -0.4 is 10.2 Å². The lowest BCUT2D eigenvalue weighted by molar-refractivity contribution is 0.571. The van der Waals surface area contributed by atoms with Crippen LogP contribution >= 0.6 is 11.6 Å². The average molecular weight is 382 g/mol. The molecule has 0 atom stereocenters. The highest BCUT2D eigenvalue weighted by Gasteiger charge is 2.12. The molecule has 0 saturated carbocycles. The monoisotopic (exact) mass is 381 g/mol. The number of nitrogens with zero attached hydrogens (tertiary/aromatic N) is 4. The van der Waals surface area contributed by atoms with Crippen LogP contribution in [0.2, 0.25) is 5.02 Å². The van der Waals surface area contributed by atoms with E-state index in [1.54, 1.807) is 0 Å². The molecule has 1 aromatic carbocycles. The molecule has 0 bridgehead atoms. The van der Waals surface area contributed by atoms with Crippen LogP contribution in [0.5, 0.6) is 0 Å². The fourth-order valence-electron chi connectivity index (χ4n) is 3.55. The number of aryl methyl sites for hydroxylation is 1. The molecule has 0 aliphatic carbocycles. The molecule has 140 valence electrons. The lowest BCUT2D eigenvalue weighted by Gasteiger charge is -2.27. The third-order valence-electron chi connectivity index (χ3n) is 4.97. The van der Waals surface area contributed by atoms with E-state index in [-0.39, 0.29) is 0 Å². The van der Waals surface area contributed by atoms with Gasteiger partial charge in [0, 0.05) is 54.5 Å². The van der Waals surface area contributed by atoms with E-state index in [4.69, 9.17) is 16.6 Å². The van der Waals surface area contributed by atoms with Crippen molar-refractivity contribution in [2.45, 2.75) is 32.1 Å². The smallest absolute Gasteiger partial charge is 0.132 e. The van der Waals surface area contributed by atoms with Gasteiger partial charge in [-0.15, -0.1) is 0 Å². The van der Waals surface area contributed by atoms with Gasteiger partial charge in [-0.1, -0.05) is 11.6 Å². The van der Waals surface area contributed by atoms with E-state index in [9.17, 15) is 0 Å². The Morgan fingerprint density at radius 3 is 2.74 bits per heavy atom. The second-order valence-corrected chi connectivity index (χ2v) is 7.37. The van der Waals surface area contributed by atoms with Crippen LogP contribution in [-0.4, -0.2) is 34.6 Å². The Bertz CT molecular complexity index is 908. The Labute approximate surface area is 164 Å². The number of halogens is 1. The highest BCUT2D eigenvalue weighted by Crippen LogP contribution is 2.24. The van der Waals surface area contributed by atoms with Crippen molar-refractivity contribution in [2.75, 3.05) is 29.9 Å². The summed E-state index contributed by atoms with van der Waals surface area (Å²) >= 11 is 6.06. The van der Waals surface area contributed by atoms with E-state index in [1.165, 1.54) is 19.3 Å². The molecule has 4 rings (SSSR count). The summed E-state index contributed by atoms with van der Waals surface area (Å²) in [5.74, 6) is 2.00. The second-order valence-electron chi connectivity index (χ2n) is 6.93. The summed E-state index contributed by atoms with van der Waals surface area (Å²) in [6.07, 6.45) is 9.38. The summed E-state index contributed by atoms with van der Waals surface area (Å²) in [6.45, 7) is 3.08. The minimum Gasteiger partial charge on any atom is -0.384 e. The van der Waals surface area contributed by atoms with E-state index in [0.717, 1.165) is 60.7 Å². The van der Waals surface area contributed by atoms with Gasteiger partial charge in [0.1, 0.15) is 11.6 Å². The number of hydrogen-bond acceptors (Lipinski definition) is 5. The van der Waals surface area contributed by atoms with Crippen molar-refractivity contribution < 1.29 is 0 Å². The first-order chi connectivity index (χ1) is 13.3. The maximum Gasteiger partial charge on any atom is 0.132 e. The number of anilines is 2. The first-order valence-corrected chi connectivity index (χ1v) is 10.0. The Kier molecular flexibility index (Phi) is 5.68. The topological polar surface area (TPSA) is 53.9 Å². The van der Waals surface area contributed by atoms with Crippen LogP contribution in [0.4, 0.5) is 11.5 Å². The molecule has 27 heavy (non-hydrogen) atoms. The Morgan fingerprint density at radius 1 is 1.00 bits per heavy atom. The van der Waals surface area contributed by atoms with Crippen molar-refractivity contribution in [2.24, 2.45) is 0 Å². The van der Waals surface area contributed by atoms with E-state index in [0.29, 0.717) is 5.02 Å². The second kappa shape index (κ2) is 8.53. The zero-order valence-electron chi connectivity index (χ0n) is 15.4. The Hall–Kier alpha value is -2.40. The van der Waals surface area contributed by atoms with Crippen molar-refractivity contribution >= 4 is 34.0 Å². The summed E-state index contributed by atoms with van der Waals surface area (Å²) < 4.78 is 0. The van der Waals surface area contributed by atoms with Crippen LogP contribution in [0, 0.1) is 0 Å². The fourth-order valence-corrected chi connectivity index (χ4v) is 3.72. The average Bonchev–Trinajstić information content (AvgIpc) is 2.72. The van der Waals surface area contributed by atoms with Crippen molar-refractivity contribution in [1.82, 2.24) is 15.0 Å². The molecule has 1 saturated heterocycles. The van der Waals surface area contributed by atoms with Crippen molar-refractivity contribution in [3.8, 4) is 0 Å². The predicted octanol–water partition coefficient (Wildman–Crippen LogP) is 4.71. The molecule has 2 aromatic heterocycles. The van der Waals surface area contributed by atoms with Gasteiger partial charge >= 0.3 is 0 Å². The van der Waals surface area contributed by atoms with Gasteiger partial charge in [-0.2, -0.15) is 0 Å². The number of nitrogens with one attached hydrogen (secondary N) is 1. The highest BCUT2D eigenvalue weighted by atomic mass is 35.5. The Morgan fingerprint density at radius 2 is 1.85 bits per heavy atom. The van der Waals surface area contributed by atoms with Gasteiger partial charge in [0.05, 0.1) is 5.52 Å². The molecule has 1 aliphatic rings. The van der Waals surface area contributed by atoms with Gasteiger partial charge in [-0.05, 0) is 56.0 Å². The van der Waals surface area contributed by atoms with E-state index >= 15 is 0 Å². The molecule has 5 nitrogen and oxygen atoms in total. The van der Waals surface area contributed by atoms with Crippen LogP contribution in [0.1, 0.15) is 31.5 Å². The highest BCUT2D eigenvalue weighted by molar-refractivity contribution is 6.31. The van der Waals surface area contributed by atoms with Crippen molar-refractivity contribution in [1.29, 1.82) is 0 Å². The summed E-state index contributed by atoms with van der Waals surface area (Å²) in [4.78, 5) is 16.0. The normalized spacial score (nSPS) is 14.5. The van der Waals surface area contributed by atoms with E-state index in [2.05, 4.69) is 20.2 Å². The van der Waals surface area contributed by atoms with Gasteiger partial charge in [0.25, 0.3) is 0 Å². The summed E-state index contributed by atoms with van der Waals surface area (Å²) in [5, 5.41) is 5.30. The van der Waals surface area contributed by atoms with Crippen LogP contribution in [0.3, 0.4) is 0 Å². The molecule has 0 amide bonds. The van der Waals surface area contributed by atoms with E-state index < -0.39 is 0 Å². The van der Waals surface area contributed by atoms with Gasteiger partial charge in [-0.3, -0.25) is 4.98 Å². The van der Waals surface area contributed by atoms with Gasteiger partial charge < -0.3 is 10.2 Å². The summed E-state index contributed by atoms with van der Waals surface area (Å²) in [5.41, 5.74) is 1.99. The molecule has 0 radical (unpaired) electrons. The molecule has 6 heteroatoms. The maximum absolute atomic E-state index is 6.06. The zero-order valence-corrected chi connectivity index (χ0v) is 16.1. The predicted molar refractivity (Wildman–Crippen MR) is 112 cm³/mol. The molecule has 1 fully saturated rings. The van der Waals surface area contributed by atoms with Crippen molar-refractivity contribution in [3.63, 3.8) is 0 Å². The number of piperidine rings is 1. The molecule has 3 heterocycles. The van der Waals surface area contributed by atoms with Gasteiger partial charge in [-0.25, -0.2) is 9.97 Å². The minimum absolute atomic E-state index is 0.706. The standard InChI is InChI=1S/C21H24ClN5/c22-16-6-7-17-18(8-11-24-19(17)15-16)23-10-4-5-20-25-12-9-21(26-20)27-13-2-1-3-14-27/h6-9,11-12,15H,1-5,10,13-14H2,(H,23,24). The molecule has 3 aromatic rings. The number of fused-ring (bicyclic) bond motifs is 1. The number of hydrogen-bond donors (Lipinski definition) is 1. The molecular weight excluding hydrogens is 358 g/mol. The van der Waals surface area contributed by atoms with Crippen LogP contribution in [0.15, 0.2) is 42.7 Å². The largest absolute Gasteiger partial charge is 0.384 e. The number of pyridine rings is 1. The number of aromatic nitrogens is 3. The minimum atomic E-state index is 0.706. The first-order valence-electron chi connectivity index (χ1n) is 9.65. The van der Waals surface area contributed by atoms with E-state index in [1.807, 2.05) is 42.7 Å². The molecule has 0 unspecified atom stereocenters. The third-order valence-corrected chi connectivity index (χ3v) is 5.20. The maximum atomic E-state index is 6.06. The molecule has 0 spiro atoms. The van der Waals surface area contributed by atoms with Crippen LogP contribution in [-0.2, 0) is 6.42 Å². The Balaban J connectivity index is 1.34. The quantitative estimate of drug-likeness (QED) is 0.626.